The Morgan fingerprint density at radius 2 is 2.43 bits per heavy atom. The molecule has 9 heteroatoms. The molecule has 14 heavy (non-hydrogen) atoms. The highest BCUT2D eigenvalue weighted by atomic mass is 31.2. The Balaban J connectivity index is 2.61. The molecule has 0 amide bonds. The maximum Gasteiger partial charge on any atom is 0.409 e. The Morgan fingerprint density at radius 1 is 1.64 bits per heavy atom. The summed E-state index contributed by atoms with van der Waals surface area (Å²) in [5.74, 6) is 4.65. The van der Waals surface area contributed by atoms with E-state index in [1.165, 1.54) is 12.5 Å². The molecular formula is C5H6N5O3P. The number of nitrogens with zero attached hydrogens (tertiary/aromatic N) is 3. The molecule has 0 spiro atoms. The molecule has 2 heterocycles. The van der Waals surface area contributed by atoms with E-state index in [0.29, 0.717) is 5.52 Å². The van der Waals surface area contributed by atoms with Gasteiger partial charge in [-0.25, -0.2) is 30.0 Å². The van der Waals surface area contributed by atoms with Gasteiger partial charge in [0.25, 0.3) is 0 Å². The van der Waals surface area contributed by atoms with Crippen molar-refractivity contribution in [2.45, 2.75) is 0 Å². The third-order valence-corrected chi connectivity index (χ3v) is 2.59. The van der Waals surface area contributed by atoms with Crippen LogP contribution in [0.2, 0.25) is 0 Å². The maximum absolute atomic E-state index is 11.2. The van der Waals surface area contributed by atoms with Crippen LogP contribution < -0.4 is 11.5 Å². The largest absolute Gasteiger partial charge is 0.409 e. The molecular weight excluding hydrogens is 209 g/mol. The number of aromatic nitrogens is 4. The first-order valence-electron chi connectivity index (χ1n) is 3.51. The van der Waals surface area contributed by atoms with E-state index in [2.05, 4.69) is 30.5 Å². The highest BCUT2D eigenvalue weighted by Gasteiger charge is 2.26. The molecule has 0 aromatic carbocycles. The van der Waals surface area contributed by atoms with E-state index in [1.807, 2.05) is 0 Å². The van der Waals surface area contributed by atoms with Gasteiger partial charge in [-0.15, -0.1) is 0 Å². The van der Waals surface area contributed by atoms with Gasteiger partial charge in [-0.1, -0.05) is 0 Å². The molecule has 0 bridgehead atoms. The summed E-state index contributed by atoms with van der Waals surface area (Å²) in [4.78, 5) is 22.9. The van der Waals surface area contributed by atoms with Crippen LogP contribution in [0.3, 0.4) is 0 Å². The van der Waals surface area contributed by atoms with Crippen LogP contribution in [0.25, 0.3) is 11.2 Å². The van der Waals surface area contributed by atoms with Crippen LogP contribution in [0.1, 0.15) is 0 Å². The molecule has 2 aromatic rings. The molecule has 0 saturated carbocycles. The summed E-state index contributed by atoms with van der Waals surface area (Å²) in [7, 11) is -4.05. The van der Waals surface area contributed by atoms with Gasteiger partial charge in [0.15, 0.2) is 5.65 Å². The molecule has 0 saturated heterocycles. The second kappa shape index (κ2) is 3.10. The number of hydrogen-bond donors (Lipinski definition) is 3. The number of rotatable bonds is 2. The normalized spacial score (nSPS) is 15.6. The zero-order chi connectivity index (χ0) is 10.2. The van der Waals surface area contributed by atoms with Crippen LogP contribution in [0, 0.1) is 0 Å². The van der Waals surface area contributed by atoms with Crippen molar-refractivity contribution in [2.24, 2.45) is 5.90 Å². The number of imidazole rings is 1. The molecule has 0 aliphatic rings. The van der Waals surface area contributed by atoms with Gasteiger partial charge in [-0.2, -0.15) is 0 Å². The highest BCUT2D eigenvalue weighted by molar-refractivity contribution is 7.60. The lowest BCUT2D eigenvalue weighted by molar-refractivity contribution is 0.277. The summed E-state index contributed by atoms with van der Waals surface area (Å²) < 4.78 is 15.1. The van der Waals surface area contributed by atoms with Gasteiger partial charge in [0.1, 0.15) is 11.8 Å². The van der Waals surface area contributed by atoms with E-state index >= 15 is 0 Å². The van der Waals surface area contributed by atoms with Crippen molar-refractivity contribution in [3.63, 3.8) is 0 Å². The Labute approximate surface area is 77.6 Å². The van der Waals surface area contributed by atoms with Crippen LogP contribution in [-0.2, 0) is 9.19 Å². The van der Waals surface area contributed by atoms with Crippen LogP contribution in [0.5, 0.6) is 0 Å². The van der Waals surface area contributed by atoms with Crippen LogP contribution in [-0.4, -0.2) is 24.8 Å². The second-order valence-corrected chi connectivity index (χ2v) is 4.12. The summed E-state index contributed by atoms with van der Waals surface area (Å²) in [6.07, 6.45) is 2.70. The third kappa shape index (κ3) is 1.40. The van der Waals surface area contributed by atoms with Crippen molar-refractivity contribution in [2.75, 3.05) is 0 Å². The predicted octanol–water partition coefficient (Wildman–Crippen LogP) is -0.946. The van der Waals surface area contributed by atoms with Crippen LogP contribution in [0.4, 0.5) is 0 Å². The fourth-order valence-corrected chi connectivity index (χ4v) is 1.52. The Bertz CT molecular complexity index is 478. The second-order valence-electron chi connectivity index (χ2n) is 2.45. The van der Waals surface area contributed by atoms with E-state index in [1.54, 1.807) is 0 Å². The molecule has 8 nitrogen and oxygen atoms in total. The summed E-state index contributed by atoms with van der Waals surface area (Å²) >= 11 is 0. The first-order chi connectivity index (χ1) is 6.63. The van der Waals surface area contributed by atoms with E-state index < -0.39 is 7.60 Å². The van der Waals surface area contributed by atoms with Gasteiger partial charge >= 0.3 is 7.60 Å². The number of hydrogen-bond acceptors (Lipinski definition) is 6. The van der Waals surface area contributed by atoms with Gasteiger partial charge in [0.05, 0.1) is 6.20 Å². The van der Waals surface area contributed by atoms with Gasteiger partial charge in [0.2, 0.25) is 5.57 Å². The predicted molar refractivity (Wildman–Crippen MR) is 46.4 cm³/mol. The lowest BCUT2D eigenvalue weighted by Gasteiger charge is -2.01. The minimum Gasteiger partial charge on any atom is -0.329 e. The van der Waals surface area contributed by atoms with Crippen molar-refractivity contribution in [1.29, 1.82) is 0 Å². The van der Waals surface area contributed by atoms with E-state index in [0.717, 1.165) is 0 Å². The lowest BCUT2D eigenvalue weighted by atomic mass is 10.6. The molecule has 0 fully saturated rings. The molecule has 0 aliphatic heterocycles. The summed E-state index contributed by atoms with van der Waals surface area (Å²) in [6, 6.07) is 0. The average molecular weight is 215 g/mol. The monoisotopic (exact) mass is 215 g/mol. The van der Waals surface area contributed by atoms with Gasteiger partial charge in [0, 0.05) is 0 Å². The first-order valence-corrected chi connectivity index (χ1v) is 5.09. The fourth-order valence-electron chi connectivity index (χ4n) is 0.933. The minimum absolute atomic E-state index is 0.254. The zero-order valence-corrected chi connectivity index (χ0v) is 7.68. The molecule has 4 N–H and O–H groups in total. The Morgan fingerprint density at radius 3 is 3.07 bits per heavy atom. The molecule has 2 rings (SSSR count). The SMILES string of the molecule is NOP(=O)(O)c1nc2ncncc2[nH]1. The fraction of sp³-hybridized carbons (Fsp3) is 0. The van der Waals surface area contributed by atoms with Gasteiger partial charge < -0.3 is 9.88 Å². The Kier molecular flexibility index (Phi) is 2.05. The van der Waals surface area contributed by atoms with Crippen molar-refractivity contribution < 1.29 is 14.1 Å². The van der Waals surface area contributed by atoms with E-state index in [9.17, 15) is 4.57 Å². The molecule has 1 unspecified atom stereocenters. The van der Waals surface area contributed by atoms with Crippen molar-refractivity contribution in [3.05, 3.63) is 12.5 Å². The van der Waals surface area contributed by atoms with Gasteiger partial charge in [-0.3, -0.25) is 0 Å². The summed E-state index contributed by atoms with van der Waals surface area (Å²) in [6.45, 7) is 0. The van der Waals surface area contributed by atoms with Gasteiger partial charge in [-0.05, 0) is 0 Å². The zero-order valence-electron chi connectivity index (χ0n) is 6.78. The van der Waals surface area contributed by atoms with E-state index in [4.69, 9.17) is 4.89 Å². The quantitative estimate of drug-likeness (QED) is 0.435. The number of nitrogens with two attached hydrogens (primary N) is 1. The van der Waals surface area contributed by atoms with Crippen LogP contribution >= 0.6 is 7.60 Å². The molecule has 0 radical (unpaired) electrons. The lowest BCUT2D eigenvalue weighted by Crippen LogP contribution is -2.13. The number of aromatic amines is 1. The smallest absolute Gasteiger partial charge is 0.329 e. The molecule has 1 atom stereocenters. The van der Waals surface area contributed by atoms with Crippen molar-refractivity contribution >= 4 is 24.3 Å². The number of nitrogens with one attached hydrogen (secondary N) is 1. The number of H-pyrrole nitrogens is 1. The Hall–Kier alpha value is -1.34. The average Bonchev–Trinajstić information content (AvgIpc) is 2.61. The highest BCUT2D eigenvalue weighted by Crippen LogP contribution is 2.36. The van der Waals surface area contributed by atoms with Crippen molar-refractivity contribution in [3.8, 4) is 0 Å². The maximum atomic E-state index is 11.2. The summed E-state index contributed by atoms with van der Waals surface area (Å²) in [5.41, 5.74) is 0.464. The summed E-state index contributed by atoms with van der Waals surface area (Å²) in [5, 5.41) is 0. The molecule has 74 valence electrons. The third-order valence-electron chi connectivity index (χ3n) is 1.56. The first kappa shape index (κ1) is 9.22. The van der Waals surface area contributed by atoms with Crippen molar-refractivity contribution in [1.82, 2.24) is 19.9 Å². The van der Waals surface area contributed by atoms with Crippen LogP contribution in [0.15, 0.2) is 12.5 Å². The molecule has 2 aromatic heterocycles. The minimum atomic E-state index is -4.05. The molecule has 0 aliphatic carbocycles. The number of fused-ring (bicyclic) bond motifs is 1. The van der Waals surface area contributed by atoms with E-state index in [-0.39, 0.29) is 11.2 Å². The standard InChI is InChI=1S/C5H6N5O3P/c6-13-14(11,12)5-9-3-1-7-2-8-4(3)10-5/h1-2H,6H2,(H,11,12)(H,7,8,9,10). The topological polar surface area (TPSA) is 127 Å².